The Morgan fingerprint density at radius 1 is 1.30 bits per heavy atom. The number of nitrogens with one attached hydrogen (secondary N) is 1. The second-order valence-corrected chi connectivity index (χ2v) is 6.89. The molecule has 0 aliphatic heterocycles. The molecule has 0 saturated heterocycles. The average Bonchev–Trinajstić information content (AvgIpc) is 3.09. The van der Waals surface area contributed by atoms with E-state index in [4.69, 9.17) is 16.3 Å². The van der Waals surface area contributed by atoms with Crippen LogP contribution in [0.3, 0.4) is 0 Å². The van der Waals surface area contributed by atoms with Crippen LogP contribution in [0.15, 0.2) is 59.0 Å². The fourth-order valence-corrected chi connectivity index (χ4v) is 3.33. The number of thiazole rings is 1. The summed E-state index contributed by atoms with van der Waals surface area (Å²) in [6.45, 7) is 2.15. The van der Waals surface area contributed by atoms with Crippen molar-refractivity contribution in [3.05, 3.63) is 70.2 Å². The molecule has 0 bridgehead atoms. The molecule has 0 atom stereocenters. The van der Waals surface area contributed by atoms with Gasteiger partial charge in [0.25, 0.3) is 0 Å². The fourth-order valence-electron chi connectivity index (χ4n) is 2.48. The first kappa shape index (κ1) is 19.1. The number of esters is 1. The molecular weight excluding hydrogens is 382 g/mol. The van der Waals surface area contributed by atoms with Crippen LogP contribution < -0.4 is 5.43 Å². The quantitative estimate of drug-likeness (QED) is 0.344. The molecule has 0 fully saturated rings. The maximum Gasteiger partial charge on any atom is 0.311 e. The molecule has 0 amide bonds. The van der Waals surface area contributed by atoms with Crippen LogP contribution in [0.2, 0.25) is 5.02 Å². The summed E-state index contributed by atoms with van der Waals surface area (Å²) in [5.74, 6) is -0.284. The summed E-state index contributed by atoms with van der Waals surface area (Å²) >= 11 is 7.49. The van der Waals surface area contributed by atoms with E-state index in [-0.39, 0.29) is 12.4 Å². The third-order valence-corrected chi connectivity index (χ3v) is 4.67. The predicted octanol–water partition coefficient (Wildman–Crippen LogP) is 5.02. The van der Waals surface area contributed by atoms with E-state index in [0.717, 1.165) is 16.7 Å². The lowest BCUT2D eigenvalue weighted by Gasteiger charge is -2.06. The largest absolute Gasteiger partial charge is 0.466 e. The number of nitrogens with zero attached hydrogens (tertiary/aromatic N) is 2. The predicted molar refractivity (Wildman–Crippen MR) is 111 cm³/mol. The van der Waals surface area contributed by atoms with Gasteiger partial charge in [-0.3, -0.25) is 10.2 Å². The Balaban J connectivity index is 1.69. The minimum Gasteiger partial charge on any atom is -0.466 e. The van der Waals surface area contributed by atoms with Crippen molar-refractivity contribution in [3.8, 4) is 11.1 Å². The van der Waals surface area contributed by atoms with Crippen LogP contribution >= 0.6 is 22.9 Å². The summed E-state index contributed by atoms with van der Waals surface area (Å²) in [6.07, 6.45) is 1.90. The Kier molecular flexibility index (Phi) is 6.57. The lowest BCUT2D eigenvalue weighted by Crippen LogP contribution is -2.07. The van der Waals surface area contributed by atoms with Gasteiger partial charge in [-0.15, -0.1) is 11.3 Å². The molecule has 0 aliphatic carbocycles. The molecule has 3 rings (SSSR count). The third kappa shape index (κ3) is 5.39. The second-order valence-electron chi connectivity index (χ2n) is 5.59. The van der Waals surface area contributed by atoms with Gasteiger partial charge in [-0.25, -0.2) is 4.98 Å². The van der Waals surface area contributed by atoms with Crippen LogP contribution in [-0.2, 0) is 16.0 Å². The number of carbonyl (C=O) groups is 1. The smallest absolute Gasteiger partial charge is 0.311 e. The van der Waals surface area contributed by atoms with Gasteiger partial charge in [-0.1, -0.05) is 48.0 Å². The molecular formula is C20H18ClN3O2S. The number of halogens is 1. The van der Waals surface area contributed by atoms with Gasteiger partial charge in [0.2, 0.25) is 5.13 Å². The second kappa shape index (κ2) is 9.30. The lowest BCUT2D eigenvalue weighted by molar-refractivity contribution is -0.142. The standard InChI is InChI=1S/C20H18ClN3O2S/c1-2-26-19(25)11-17-13-27-20(23-17)24-22-12-15-6-3-4-9-18(15)14-7-5-8-16(21)10-14/h3-10,12-13H,2,11H2,1H3,(H,23,24). The molecule has 1 N–H and O–H groups in total. The van der Waals surface area contributed by atoms with Gasteiger partial charge in [0.05, 0.1) is 24.9 Å². The highest BCUT2D eigenvalue weighted by Crippen LogP contribution is 2.25. The minimum absolute atomic E-state index is 0.160. The topological polar surface area (TPSA) is 63.6 Å². The zero-order chi connectivity index (χ0) is 19.1. The van der Waals surface area contributed by atoms with Crippen molar-refractivity contribution in [2.75, 3.05) is 12.0 Å². The zero-order valence-electron chi connectivity index (χ0n) is 14.7. The number of hydrazone groups is 1. The minimum atomic E-state index is -0.284. The Morgan fingerprint density at radius 3 is 2.96 bits per heavy atom. The number of rotatable bonds is 7. The summed E-state index contributed by atoms with van der Waals surface area (Å²) in [5.41, 5.74) is 6.58. The van der Waals surface area contributed by atoms with E-state index < -0.39 is 0 Å². The molecule has 1 aromatic heterocycles. The highest BCUT2D eigenvalue weighted by atomic mass is 35.5. The molecule has 138 valence electrons. The van der Waals surface area contributed by atoms with Crippen molar-refractivity contribution in [2.24, 2.45) is 5.10 Å². The molecule has 0 saturated carbocycles. The number of carbonyl (C=O) groups excluding carboxylic acids is 1. The Morgan fingerprint density at radius 2 is 2.15 bits per heavy atom. The SMILES string of the molecule is CCOC(=O)Cc1csc(NN=Cc2ccccc2-c2cccc(Cl)c2)n1. The maximum atomic E-state index is 11.5. The van der Waals surface area contributed by atoms with Crippen LogP contribution in [0, 0.1) is 0 Å². The van der Waals surface area contributed by atoms with Gasteiger partial charge in [-0.05, 0) is 30.2 Å². The van der Waals surface area contributed by atoms with Gasteiger partial charge in [0.15, 0.2) is 0 Å². The molecule has 1 heterocycles. The summed E-state index contributed by atoms with van der Waals surface area (Å²) in [6, 6.07) is 15.6. The average molecular weight is 400 g/mol. The van der Waals surface area contributed by atoms with E-state index in [2.05, 4.69) is 15.5 Å². The van der Waals surface area contributed by atoms with E-state index >= 15 is 0 Å². The van der Waals surface area contributed by atoms with Crippen LogP contribution in [0.25, 0.3) is 11.1 Å². The van der Waals surface area contributed by atoms with Gasteiger partial charge in [-0.2, -0.15) is 5.10 Å². The number of aromatic nitrogens is 1. The molecule has 0 unspecified atom stereocenters. The first-order valence-corrected chi connectivity index (χ1v) is 9.65. The Hall–Kier alpha value is -2.70. The van der Waals surface area contributed by atoms with Gasteiger partial charge in [0, 0.05) is 16.0 Å². The maximum absolute atomic E-state index is 11.5. The molecule has 0 radical (unpaired) electrons. The first-order valence-electron chi connectivity index (χ1n) is 8.40. The monoisotopic (exact) mass is 399 g/mol. The number of hydrogen-bond donors (Lipinski definition) is 1. The summed E-state index contributed by atoms with van der Waals surface area (Å²) in [4.78, 5) is 15.8. The van der Waals surface area contributed by atoms with Crippen LogP contribution in [0.1, 0.15) is 18.2 Å². The molecule has 2 aromatic carbocycles. The first-order chi connectivity index (χ1) is 13.2. The van der Waals surface area contributed by atoms with Crippen LogP contribution in [0.5, 0.6) is 0 Å². The number of hydrogen-bond acceptors (Lipinski definition) is 6. The van der Waals surface area contributed by atoms with Crippen molar-refractivity contribution in [2.45, 2.75) is 13.3 Å². The highest BCUT2D eigenvalue weighted by Gasteiger charge is 2.08. The molecule has 27 heavy (non-hydrogen) atoms. The van der Waals surface area contributed by atoms with Crippen LogP contribution in [-0.4, -0.2) is 23.8 Å². The van der Waals surface area contributed by atoms with E-state index in [1.807, 2.05) is 53.9 Å². The van der Waals surface area contributed by atoms with Crippen molar-refractivity contribution in [3.63, 3.8) is 0 Å². The fraction of sp³-hybridized carbons (Fsp3) is 0.150. The van der Waals surface area contributed by atoms with Crippen molar-refractivity contribution < 1.29 is 9.53 Å². The van der Waals surface area contributed by atoms with E-state index in [1.54, 1.807) is 13.1 Å². The molecule has 0 aliphatic rings. The summed E-state index contributed by atoms with van der Waals surface area (Å²) in [7, 11) is 0. The normalized spacial score (nSPS) is 10.9. The summed E-state index contributed by atoms with van der Waals surface area (Å²) < 4.78 is 4.92. The number of benzene rings is 2. The van der Waals surface area contributed by atoms with Gasteiger partial charge in [0.1, 0.15) is 0 Å². The molecule has 7 heteroatoms. The van der Waals surface area contributed by atoms with E-state index in [1.165, 1.54) is 11.3 Å². The third-order valence-electron chi connectivity index (χ3n) is 3.64. The lowest BCUT2D eigenvalue weighted by atomic mass is 10.0. The van der Waals surface area contributed by atoms with Gasteiger partial charge < -0.3 is 4.74 Å². The molecule has 3 aromatic rings. The number of ether oxygens (including phenoxy) is 1. The Labute approximate surface area is 166 Å². The molecule has 0 spiro atoms. The number of anilines is 1. The van der Waals surface area contributed by atoms with E-state index in [9.17, 15) is 4.79 Å². The van der Waals surface area contributed by atoms with Crippen molar-refractivity contribution >= 4 is 40.3 Å². The molecule has 5 nitrogen and oxygen atoms in total. The van der Waals surface area contributed by atoms with Crippen molar-refractivity contribution in [1.82, 2.24) is 4.98 Å². The summed E-state index contributed by atoms with van der Waals surface area (Å²) in [5, 5.41) is 7.39. The Bertz CT molecular complexity index is 956. The van der Waals surface area contributed by atoms with Gasteiger partial charge >= 0.3 is 5.97 Å². The van der Waals surface area contributed by atoms with Crippen molar-refractivity contribution in [1.29, 1.82) is 0 Å². The zero-order valence-corrected chi connectivity index (χ0v) is 16.3. The highest BCUT2D eigenvalue weighted by molar-refractivity contribution is 7.13. The van der Waals surface area contributed by atoms with E-state index in [0.29, 0.717) is 22.5 Å². The van der Waals surface area contributed by atoms with Crippen LogP contribution in [0.4, 0.5) is 5.13 Å².